The van der Waals surface area contributed by atoms with E-state index in [1.807, 2.05) is 20.8 Å². The third-order valence-corrected chi connectivity index (χ3v) is 4.28. The van der Waals surface area contributed by atoms with Gasteiger partial charge in [0.2, 0.25) is 0 Å². The zero-order valence-electron chi connectivity index (χ0n) is 13.1. The Balaban J connectivity index is 1.88. The van der Waals surface area contributed by atoms with Crippen LogP contribution in [0.5, 0.6) is 0 Å². The maximum atomic E-state index is 12.0. The fourth-order valence-electron chi connectivity index (χ4n) is 2.91. The molecule has 0 aromatic heterocycles. The number of hydrogen-bond donors (Lipinski definition) is 0. The summed E-state index contributed by atoms with van der Waals surface area (Å²) in [5.41, 5.74) is -0.399. The average molecular weight is 282 g/mol. The molecule has 114 valence electrons. The van der Waals surface area contributed by atoms with E-state index < -0.39 is 5.60 Å². The van der Waals surface area contributed by atoms with Crippen LogP contribution < -0.4 is 0 Å². The van der Waals surface area contributed by atoms with Crippen molar-refractivity contribution in [2.75, 3.05) is 26.2 Å². The average Bonchev–Trinajstić information content (AvgIpc) is 2.75. The molecular weight excluding hydrogens is 256 g/mol. The van der Waals surface area contributed by atoms with Crippen LogP contribution in [-0.4, -0.2) is 59.0 Å². The van der Waals surface area contributed by atoms with Gasteiger partial charge in [-0.3, -0.25) is 9.69 Å². The highest BCUT2D eigenvalue weighted by atomic mass is 16.6. The Bertz CT molecular complexity index is 392. The van der Waals surface area contributed by atoms with Gasteiger partial charge in [-0.2, -0.15) is 0 Å². The predicted octanol–water partition coefficient (Wildman–Crippen LogP) is 2.05. The van der Waals surface area contributed by atoms with Gasteiger partial charge in [-0.25, -0.2) is 4.79 Å². The molecule has 20 heavy (non-hydrogen) atoms. The van der Waals surface area contributed by atoms with E-state index in [1.165, 1.54) is 0 Å². The molecule has 0 unspecified atom stereocenters. The van der Waals surface area contributed by atoms with Crippen LogP contribution in [-0.2, 0) is 9.53 Å². The molecule has 2 aliphatic heterocycles. The van der Waals surface area contributed by atoms with E-state index in [0.717, 1.165) is 19.4 Å². The predicted molar refractivity (Wildman–Crippen MR) is 76.6 cm³/mol. The van der Waals surface area contributed by atoms with E-state index in [4.69, 9.17) is 4.74 Å². The van der Waals surface area contributed by atoms with Crippen LogP contribution in [0.15, 0.2) is 0 Å². The summed E-state index contributed by atoms with van der Waals surface area (Å²) < 4.78 is 5.41. The number of carbonyl (C=O) groups excluding carboxylic acids is 2. The van der Waals surface area contributed by atoms with E-state index >= 15 is 0 Å². The fourth-order valence-corrected chi connectivity index (χ4v) is 2.91. The number of likely N-dealkylation sites (tertiary alicyclic amines) is 2. The molecule has 5 nitrogen and oxygen atoms in total. The number of Topliss-reactive ketones (excluding diaryl/α,β-unsaturated/α-hetero) is 1. The molecule has 0 aromatic carbocycles. The van der Waals surface area contributed by atoms with E-state index in [1.54, 1.807) is 4.90 Å². The summed E-state index contributed by atoms with van der Waals surface area (Å²) in [6, 6.07) is 0. The van der Waals surface area contributed by atoms with Gasteiger partial charge in [-0.05, 0) is 40.5 Å². The van der Waals surface area contributed by atoms with Gasteiger partial charge in [0.15, 0.2) is 0 Å². The quantitative estimate of drug-likeness (QED) is 0.738. The van der Waals surface area contributed by atoms with Crippen molar-refractivity contribution >= 4 is 11.9 Å². The van der Waals surface area contributed by atoms with Crippen molar-refractivity contribution in [1.82, 2.24) is 9.80 Å². The smallest absolute Gasteiger partial charge is 0.410 e. The minimum atomic E-state index is -0.445. The highest BCUT2D eigenvalue weighted by Gasteiger charge is 2.40. The van der Waals surface area contributed by atoms with Crippen LogP contribution in [0.3, 0.4) is 0 Å². The molecule has 0 bridgehead atoms. The molecule has 0 atom stereocenters. The molecule has 1 amide bonds. The van der Waals surface area contributed by atoms with E-state index in [2.05, 4.69) is 11.8 Å². The fraction of sp³-hybridized carbons (Fsp3) is 0.867. The van der Waals surface area contributed by atoms with Crippen molar-refractivity contribution in [3.8, 4) is 0 Å². The first kappa shape index (κ1) is 15.3. The largest absolute Gasteiger partial charge is 0.444 e. The Morgan fingerprint density at radius 3 is 2.25 bits per heavy atom. The number of hydrogen-bond acceptors (Lipinski definition) is 4. The number of amides is 1. The Hall–Kier alpha value is -1.10. The van der Waals surface area contributed by atoms with E-state index in [9.17, 15) is 9.59 Å². The molecule has 2 aliphatic rings. The SMILES string of the molecule is CC(C)(C)OC(=O)N1CCC(C)(N2CCC(=O)C2)CC1. The van der Waals surface area contributed by atoms with Gasteiger partial charge >= 0.3 is 6.09 Å². The molecule has 2 rings (SSSR count). The lowest BCUT2D eigenvalue weighted by atomic mass is 9.88. The lowest BCUT2D eigenvalue weighted by Crippen LogP contribution is -2.54. The molecule has 2 heterocycles. The summed E-state index contributed by atoms with van der Waals surface area (Å²) >= 11 is 0. The van der Waals surface area contributed by atoms with Crippen LogP contribution in [0.25, 0.3) is 0 Å². The lowest BCUT2D eigenvalue weighted by molar-refractivity contribution is -0.117. The van der Waals surface area contributed by atoms with E-state index in [-0.39, 0.29) is 11.6 Å². The van der Waals surface area contributed by atoms with Crippen molar-refractivity contribution < 1.29 is 14.3 Å². The van der Waals surface area contributed by atoms with Crippen molar-refractivity contribution in [3.63, 3.8) is 0 Å². The topological polar surface area (TPSA) is 49.9 Å². The Kier molecular flexibility index (Phi) is 4.09. The third-order valence-electron chi connectivity index (χ3n) is 4.28. The lowest BCUT2D eigenvalue weighted by Gasteiger charge is -2.44. The van der Waals surface area contributed by atoms with Gasteiger partial charge in [0, 0.05) is 31.6 Å². The molecule has 0 spiro atoms. The van der Waals surface area contributed by atoms with Crippen LogP contribution in [0.2, 0.25) is 0 Å². The first-order chi connectivity index (χ1) is 9.20. The number of ketones is 1. The van der Waals surface area contributed by atoms with Gasteiger partial charge in [0.1, 0.15) is 11.4 Å². The van der Waals surface area contributed by atoms with Crippen LogP contribution >= 0.6 is 0 Å². The maximum Gasteiger partial charge on any atom is 0.410 e. The molecule has 0 radical (unpaired) electrons. The zero-order valence-corrected chi connectivity index (χ0v) is 13.1. The summed E-state index contributed by atoms with van der Waals surface area (Å²) in [5.74, 6) is 0.334. The minimum Gasteiger partial charge on any atom is -0.444 e. The number of piperidine rings is 1. The summed E-state index contributed by atoms with van der Waals surface area (Å²) in [6.45, 7) is 10.7. The summed E-state index contributed by atoms with van der Waals surface area (Å²) in [4.78, 5) is 27.5. The van der Waals surface area contributed by atoms with Crippen LogP contribution in [0, 0.1) is 0 Å². The number of rotatable bonds is 1. The van der Waals surface area contributed by atoms with Gasteiger partial charge in [0.05, 0.1) is 6.54 Å². The first-order valence-electron chi connectivity index (χ1n) is 7.44. The number of ether oxygens (including phenoxy) is 1. The molecular formula is C15H26N2O3. The normalized spacial score (nSPS) is 24.0. The highest BCUT2D eigenvalue weighted by molar-refractivity contribution is 5.82. The maximum absolute atomic E-state index is 12.0. The molecule has 2 fully saturated rings. The third kappa shape index (κ3) is 3.51. The van der Waals surface area contributed by atoms with Crippen LogP contribution in [0.4, 0.5) is 4.79 Å². The monoisotopic (exact) mass is 282 g/mol. The van der Waals surface area contributed by atoms with Gasteiger partial charge in [0.25, 0.3) is 0 Å². The molecule has 0 aromatic rings. The molecule has 0 aliphatic carbocycles. The Labute approximate surface area is 121 Å². The molecule has 0 saturated carbocycles. The second kappa shape index (κ2) is 5.35. The van der Waals surface area contributed by atoms with E-state index in [0.29, 0.717) is 31.8 Å². The van der Waals surface area contributed by atoms with Crippen molar-refractivity contribution in [1.29, 1.82) is 0 Å². The summed E-state index contributed by atoms with van der Waals surface area (Å²) in [5, 5.41) is 0. The second-order valence-corrected chi connectivity index (χ2v) is 7.17. The second-order valence-electron chi connectivity index (χ2n) is 7.17. The minimum absolute atomic E-state index is 0.0463. The van der Waals surface area contributed by atoms with Crippen molar-refractivity contribution in [2.45, 2.75) is 58.1 Å². The zero-order chi connectivity index (χ0) is 15.0. The highest BCUT2D eigenvalue weighted by Crippen LogP contribution is 2.31. The van der Waals surface area contributed by atoms with Crippen molar-refractivity contribution in [3.05, 3.63) is 0 Å². The summed E-state index contributed by atoms with van der Waals surface area (Å²) in [6.07, 6.45) is 2.25. The van der Waals surface area contributed by atoms with Crippen LogP contribution in [0.1, 0.15) is 47.0 Å². The van der Waals surface area contributed by atoms with Crippen molar-refractivity contribution in [2.24, 2.45) is 0 Å². The Morgan fingerprint density at radius 1 is 1.20 bits per heavy atom. The molecule has 5 heteroatoms. The van der Waals surface area contributed by atoms with Gasteiger partial charge < -0.3 is 9.64 Å². The first-order valence-corrected chi connectivity index (χ1v) is 7.44. The molecule has 2 saturated heterocycles. The number of nitrogens with zero attached hydrogens (tertiary/aromatic N) is 2. The standard InChI is InChI=1S/C15H26N2O3/c1-14(2,3)20-13(19)16-9-6-15(4,7-10-16)17-8-5-12(18)11-17/h5-11H2,1-4H3. The number of carbonyl (C=O) groups is 2. The van der Waals surface area contributed by atoms with Gasteiger partial charge in [-0.1, -0.05) is 0 Å². The van der Waals surface area contributed by atoms with Gasteiger partial charge in [-0.15, -0.1) is 0 Å². The molecule has 0 N–H and O–H groups in total. The summed E-state index contributed by atoms with van der Waals surface area (Å²) in [7, 11) is 0. The Morgan fingerprint density at radius 2 is 1.80 bits per heavy atom.